The Kier molecular flexibility index (Phi) is 5.75. The minimum absolute atomic E-state index is 0.0502. The molecule has 0 aliphatic carbocycles. The van der Waals surface area contributed by atoms with Crippen LogP contribution in [0, 0.1) is 0 Å². The number of aliphatic hydroxyl groups excluding tert-OH is 1. The molecule has 0 spiro atoms. The van der Waals surface area contributed by atoms with E-state index >= 15 is 0 Å². The van der Waals surface area contributed by atoms with Crippen molar-refractivity contribution in [2.24, 2.45) is 0 Å². The van der Waals surface area contributed by atoms with E-state index in [1.807, 2.05) is 20.8 Å². The zero-order valence-corrected chi connectivity index (χ0v) is 16.4. The van der Waals surface area contributed by atoms with E-state index < -0.39 is 11.8 Å². The van der Waals surface area contributed by atoms with Crippen LogP contribution in [-0.2, 0) is 9.53 Å². The van der Waals surface area contributed by atoms with Gasteiger partial charge in [-0.15, -0.1) is 0 Å². The van der Waals surface area contributed by atoms with Gasteiger partial charge in [0.25, 0.3) is 0 Å². The normalized spacial score (nSPS) is 24.4. The van der Waals surface area contributed by atoms with Crippen molar-refractivity contribution in [2.75, 3.05) is 13.1 Å². The highest BCUT2D eigenvalue weighted by Crippen LogP contribution is 2.32. The molecule has 2 saturated heterocycles. The summed E-state index contributed by atoms with van der Waals surface area (Å²) in [6.45, 7) is 7.05. The predicted molar refractivity (Wildman–Crippen MR) is 102 cm³/mol. The monoisotopic (exact) mass is 374 g/mol. The lowest BCUT2D eigenvalue weighted by atomic mass is 9.85. The van der Waals surface area contributed by atoms with E-state index in [1.54, 1.807) is 4.90 Å². The minimum atomic E-state index is -0.811. The van der Waals surface area contributed by atoms with Crippen molar-refractivity contribution in [1.82, 2.24) is 10.2 Å². The highest BCUT2D eigenvalue weighted by molar-refractivity contribution is 5.77. The molecule has 27 heavy (non-hydrogen) atoms. The summed E-state index contributed by atoms with van der Waals surface area (Å²) in [6, 6.07) is 8.35. The van der Waals surface area contributed by atoms with Crippen molar-refractivity contribution >= 4 is 12.0 Å². The van der Waals surface area contributed by atoms with E-state index in [2.05, 4.69) is 29.6 Å². The van der Waals surface area contributed by atoms with Crippen molar-refractivity contribution in [2.45, 2.75) is 70.1 Å². The first-order valence-corrected chi connectivity index (χ1v) is 9.78. The summed E-state index contributed by atoms with van der Waals surface area (Å²) in [5.74, 6) is 0.284. The molecule has 2 atom stereocenters. The van der Waals surface area contributed by atoms with Crippen LogP contribution in [0.5, 0.6) is 0 Å². The van der Waals surface area contributed by atoms with Gasteiger partial charge in [-0.3, -0.25) is 4.79 Å². The van der Waals surface area contributed by atoms with Gasteiger partial charge in [0.15, 0.2) is 0 Å². The van der Waals surface area contributed by atoms with Gasteiger partial charge in [-0.2, -0.15) is 0 Å². The molecule has 2 fully saturated rings. The van der Waals surface area contributed by atoms with Crippen LogP contribution in [0.15, 0.2) is 24.3 Å². The van der Waals surface area contributed by atoms with Crippen LogP contribution in [0.25, 0.3) is 0 Å². The lowest BCUT2D eigenvalue weighted by Gasteiger charge is -2.34. The van der Waals surface area contributed by atoms with Crippen molar-refractivity contribution < 1.29 is 19.4 Å². The van der Waals surface area contributed by atoms with Crippen LogP contribution in [0.1, 0.15) is 69.4 Å². The Balaban J connectivity index is 1.56. The molecule has 6 nitrogen and oxygen atoms in total. The third-order valence-electron chi connectivity index (χ3n) is 5.36. The van der Waals surface area contributed by atoms with E-state index in [-0.39, 0.29) is 17.9 Å². The summed E-state index contributed by atoms with van der Waals surface area (Å²) in [5, 5.41) is 12.7. The number of carbonyl (C=O) groups excluding carboxylic acids is 2. The van der Waals surface area contributed by atoms with Crippen LogP contribution >= 0.6 is 0 Å². The fourth-order valence-electron chi connectivity index (χ4n) is 3.87. The molecule has 0 radical (unpaired) electrons. The maximum absolute atomic E-state index is 12.2. The highest BCUT2D eigenvalue weighted by atomic mass is 16.6. The molecular weight excluding hydrogens is 344 g/mol. The average molecular weight is 374 g/mol. The molecule has 2 aliphatic heterocycles. The second kappa shape index (κ2) is 7.89. The third kappa shape index (κ3) is 5.01. The maximum Gasteiger partial charge on any atom is 0.410 e. The molecule has 148 valence electrons. The predicted octanol–water partition coefficient (Wildman–Crippen LogP) is 3.11. The van der Waals surface area contributed by atoms with Gasteiger partial charge >= 0.3 is 6.09 Å². The zero-order chi connectivity index (χ0) is 19.6. The molecule has 0 bridgehead atoms. The number of nitrogens with zero attached hydrogens (tertiary/aromatic N) is 1. The molecule has 1 aromatic carbocycles. The maximum atomic E-state index is 12.2. The molecule has 2 unspecified atom stereocenters. The Hall–Kier alpha value is -2.08. The van der Waals surface area contributed by atoms with Gasteiger partial charge in [0.2, 0.25) is 5.91 Å². The molecule has 2 N–H and O–H groups in total. The number of nitrogens with one attached hydrogen (secondary N) is 1. The lowest BCUT2D eigenvalue weighted by molar-refractivity contribution is -0.127. The smallest absolute Gasteiger partial charge is 0.410 e. The second-order valence-electron chi connectivity index (χ2n) is 8.57. The first-order chi connectivity index (χ1) is 12.7. The van der Waals surface area contributed by atoms with Crippen molar-refractivity contribution in [1.29, 1.82) is 0 Å². The topological polar surface area (TPSA) is 78.9 Å². The van der Waals surface area contributed by atoms with Crippen LogP contribution in [0.3, 0.4) is 0 Å². The van der Waals surface area contributed by atoms with E-state index in [1.165, 1.54) is 5.56 Å². The number of likely N-dealkylation sites (tertiary alicyclic amines) is 1. The standard InChI is InChI=1S/C21H30N2O4/c1-21(2,3)27-20(26)23-12-10-15(11-13-23)14-4-6-16(7-5-14)17-8-9-18(24)22-19(17)25/h4-7,15,17,19,25H,8-13H2,1-3H3,(H,22,24). The Bertz CT molecular complexity index is 672. The van der Waals surface area contributed by atoms with E-state index in [9.17, 15) is 14.7 Å². The van der Waals surface area contributed by atoms with Gasteiger partial charge in [0.1, 0.15) is 11.8 Å². The summed E-state index contributed by atoms with van der Waals surface area (Å²) in [4.78, 5) is 25.3. The summed E-state index contributed by atoms with van der Waals surface area (Å²) in [6.07, 6.45) is 1.91. The van der Waals surface area contributed by atoms with Gasteiger partial charge in [0, 0.05) is 25.4 Å². The van der Waals surface area contributed by atoms with Gasteiger partial charge in [-0.25, -0.2) is 4.79 Å². The first kappa shape index (κ1) is 19.7. The SMILES string of the molecule is CC(C)(C)OC(=O)N1CCC(c2ccc(C3CCC(=O)NC3O)cc2)CC1. The Morgan fingerprint density at radius 1 is 1.11 bits per heavy atom. The Morgan fingerprint density at radius 2 is 1.70 bits per heavy atom. The number of ether oxygens (including phenoxy) is 1. The van der Waals surface area contributed by atoms with Crippen LogP contribution < -0.4 is 5.32 Å². The fourth-order valence-corrected chi connectivity index (χ4v) is 3.87. The summed E-state index contributed by atoms with van der Waals surface area (Å²) in [5.41, 5.74) is 1.85. The molecule has 2 heterocycles. The molecule has 1 aromatic rings. The van der Waals surface area contributed by atoms with Crippen LogP contribution in [0.4, 0.5) is 4.79 Å². The first-order valence-electron chi connectivity index (χ1n) is 9.78. The number of benzene rings is 1. The average Bonchev–Trinajstić information content (AvgIpc) is 2.61. The minimum Gasteiger partial charge on any atom is -0.444 e. The molecule has 0 saturated carbocycles. The summed E-state index contributed by atoms with van der Waals surface area (Å²) in [7, 11) is 0. The van der Waals surface area contributed by atoms with Crippen molar-refractivity contribution in [3.05, 3.63) is 35.4 Å². The van der Waals surface area contributed by atoms with Gasteiger partial charge in [-0.05, 0) is 57.1 Å². The van der Waals surface area contributed by atoms with Gasteiger partial charge in [0.05, 0.1) is 0 Å². The van der Waals surface area contributed by atoms with Crippen LogP contribution in [-0.4, -0.2) is 46.9 Å². The Labute approximate surface area is 160 Å². The largest absolute Gasteiger partial charge is 0.444 e. The number of hydrogen-bond acceptors (Lipinski definition) is 4. The van der Waals surface area contributed by atoms with E-state index in [4.69, 9.17) is 4.74 Å². The molecule has 0 aromatic heterocycles. The molecule has 2 aliphatic rings. The fraction of sp³-hybridized carbons (Fsp3) is 0.619. The highest BCUT2D eigenvalue weighted by Gasteiger charge is 2.29. The molecule has 3 rings (SSSR count). The molecule has 2 amide bonds. The Morgan fingerprint density at radius 3 is 2.26 bits per heavy atom. The number of rotatable bonds is 2. The summed E-state index contributed by atoms with van der Waals surface area (Å²) < 4.78 is 5.45. The summed E-state index contributed by atoms with van der Waals surface area (Å²) >= 11 is 0. The van der Waals surface area contributed by atoms with Gasteiger partial charge in [-0.1, -0.05) is 24.3 Å². The third-order valence-corrected chi connectivity index (χ3v) is 5.36. The van der Waals surface area contributed by atoms with Gasteiger partial charge < -0.3 is 20.1 Å². The molecular formula is C21H30N2O4. The second-order valence-corrected chi connectivity index (χ2v) is 8.57. The number of aliphatic hydroxyl groups is 1. The number of hydrogen-bond donors (Lipinski definition) is 2. The van der Waals surface area contributed by atoms with E-state index in [0.717, 1.165) is 18.4 Å². The van der Waals surface area contributed by atoms with Crippen molar-refractivity contribution in [3.8, 4) is 0 Å². The number of carbonyl (C=O) groups is 2. The molecule has 6 heteroatoms. The van der Waals surface area contributed by atoms with Crippen molar-refractivity contribution in [3.63, 3.8) is 0 Å². The quantitative estimate of drug-likeness (QED) is 0.834. The zero-order valence-electron chi connectivity index (χ0n) is 16.4. The number of amides is 2. The van der Waals surface area contributed by atoms with E-state index in [0.29, 0.717) is 31.8 Å². The lowest BCUT2D eigenvalue weighted by Crippen LogP contribution is -2.43. The van der Waals surface area contributed by atoms with Crippen LogP contribution in [0.2, 0.25) is 0 Å². The number of piperidine rings is 2.